The molecule has 0 aliphatic carbocycles. The van der Waals surface area contributed by atoms with Crippen molar-refractivity contribution >= 4 is 11.9 Å². The lowest BCUT2D eigenvalue weighted by Gasteiger charge is -2.11. The number of hydrogen-bond acceptors (Lipinski definition) is 6. The summed E-state index contributed by atoms with van der Waals surface area (Å²) in [5, 5.41) is 7.11. The molecule has 22 heavy (non-hydrogen) atoms. The van der Waals surface area contributed by atoms with E-state index in [2.05, 4.69) is 46.5 Å². The zero-order valence-electron chi connectivity index (χ0n) is 13.4. The van der Waals surface area contributed by atoms with Crippen molar-refractivity contribution < 1.29 is 4.74 Å². The van der Waals surface area contributed by atoms with Crippen LogP contribution in [0.2, 0.25) is 0 Å². The SMILES string of the molecule is CN(C)CCc1cccc(OCCNc2nc(N)nn2C)c1. The largest absolute Gasteiger partial charge is 0.492 e. The normalized spacial score (nSPS) is 10.9. The first-order valence-electron chi connectivity index (χ1n) is 7.31. The number of benzene rings is 1. The Morgan fingerprint density at radius 3 is 2.86 bits per heavy atom. The van der Waals surface area contributed by atoms with Crippen molar-refractivity contribution in [1.29, 1.82) is 0 Å². The first-order chi connectivity index (χ1) is 10.5. The van der Waals surface area contributed by atoms with Crippen LogP contribution in [0.4, 0.5) is 11.9 Å². The number of aromatic nitrogens is 3. The second-order valence-electron chi connectivity index (χ2n) is 5.39. The van der Waals surface area contributed by atoms with Crippen LogP contribution in [-0.4, -0.2) is 53.5 Å². The van der Waals surface area contributed by atoms with E-state index < -0.39 is 0 Å². The molecule has 0 unspecified atom stereocenters. The summed E-state index contributed by atoms with van der Waals surface area (Å²) in [6.07, 6.45) is 1.01. The van der Waals surface area contributed by atoms with Gasteiger partial charge in [0.1, 0.15) is 12.4 Å². The van der Waals surface area contributed by atoms with Crippen LogP contribution in [0.3, 0.4) is 0 Å². The molecule has 0 saturated carbocycles. The Kier molecular flexibility index (Phi) is 5.60. The predicted molar refractivity (Wildman–Crippen MR) is 88.1 cm³/mol. The van der Waals surface area contributed by atoms with Gasteiger partial charge in [0, 0.05) is 13.6 Å². The maximum Gasteiger partial charge on any atom is 0.241 e. The second-order valence-corrected chi connectivity index (χ2v) is 5.39. The molecule has 0 saturated heterocycles. The molecule has 3 N–H and O–H groups in total. The third-order valence-corrected chi connectivity index (χ3v) is 3.18. The number of aryl methyl sites for hydroxylation is 1. The molecule has 0 atom stereocenters. The number of anilines is 2. The maximum absolute atomic E-state index is 5.76. The first kappa shape index (κ1) is 16.1. The first-order valence-corrected chi connectivity index (χ1v) is 7.31. The fourth-order valence-electron chi connectivity index (χ4n) is 2.03. The number of hydrogen-bond donors (Lipinski definition) is 2. The second kappa shape index (κ2) is 7.65. The summed E-state index contributed by atoms with van der Waals surface area (Å²) in [5.74, 6) is 1.79. The fraction of sp³-hybridized carbons (Fsp3) is 0.467. The summed E-state index contributed by atoms with van der Waals surface area (Å²) in [6, 6.07) is 8.21. The molecule has 2 rings (SSSR count). The highest BCUT2D eigenvalue weighted by Gasteiger charge is 2.03. The van der Waals surface area contributed by atoms with Gasteiger partial charge in [0.05, 0.1) is 6.54 Å². The Morgan fingerprint density at radius 2 is 2.18 bits per heavy atom. The van der Waals surface area contributed by atoms with Crippen molar-refractivity contribution in [3.8, 4) is 5.75 Å². The van der Waals surface area contributed by atoms with E-state index in [0.717, 1.165) is 18.7 Å². The van der Waals surface area contributed by atoms with Crippen LogP contribution in [0.5, 0.6) is 5.75 Å². The summed E-state index contributed by atoms with van der Waals surface area (Å²) in [4.78, 5) is 6.24. The molecule has 0 aliphatic rings. The molecule has 0 amide bonds. The molecule has 7 heteroatoms. The zero-order chi connectivity index (χ0) is 15.9. The summed E-state index contributed by atoms with van der Waals surface area (Å²) in [6.45, 7) is 2.20. The van der Waals surface area contributed by atoms with Gasteiger partial charge in [0.25, 0.3) is 0 Å². The van der Waals surface area contributed by atoms with Crippen LogP contribution in [-0.2, 0) is 13.5 Å². The van der Waals surface area contributed by atoms with E-state index in [1.807, 2.05) is 12.1 Å². The Balaban J connectivity index is 1.77. The van der Waals surface area contributed by atoms with E-state index >= 15 is 0 Å². The predicted octanol–water partition coefficient (Wildman–Crippen LogP) is 0.992. The zero-order valence-corrected chi connectivity index (χ0v) is 13.4. The van der Waals surface area contributed by atoms with Gasteiger partial charge in [-0.1, -0.05) is 12.1 Å². The van der Waals surface area contributed by atoms with Crippen molar-refractivity contribution in [1.82, 2.24) is 19.7 Å². The molecule has 0 spiro atoms. The van der Waals surface area contributed by atoms with Crippen LogP contribution in [0.15, 0.2) is 24.3 Å². The number of nitrogen functional groups attached to an aromatic ring is 1. The lowest BCUT2D eigenvalue weighted by molar-refractivity contribution is 0.332. The van der Waals surface area contributed by atoms with E-state index in [1.54, 1.807) is 11.7 Å². The smallest absolute Gasteiger partial charge is 0.241 e. The summed E-state index contributed by atoms with van der Waals surface area (Å²) >= 11 is 0. The van der Waals surface area contributed by atoms with E-state index in [9.17, 15) is 0 Å². The third-order valence-electron chi connectivity index (χ3n) is 3.18. The minimum atomic E-state index is 0.263. The molecule has 1 aromatic carbocycles. The van der Waals surface area contributed by atoms with E-state index in [4.69, 9.17) is 10.5 Å². The van der Waals surface area contributed by atoms with Gasteiger partial charge in [-0.05, 0) is 38.2 Å². The highest BCUT2D eigenvalue weighted by atomic mass is 16.5. The summed E-state index contributed by atoms with van der Waals surface area (Å²) in [7, 11) is 5.94. The minimum Gasteiger partial charge on any atom is -0.492 e. The molecule has 1 heterocycles. The quantitative estimate of drug-likeness (QED) is 0.708. The molecule has 1 aromatic heterocycles. The maximum atomic E-state index is 5.76. The number of likely N-dealkylation sites (N-methyl/N-ethyl adjacent to an activating group) is 1. The molecule has 120 valence electrons. The van der Waals surface area contributed by atoms with Gasteiger partial charge >= 0.3 is 0 Å². The van der Waals surface area contributed by atoms with Gasteiger partial charge in [0.15, 0.2) is 0 Å². The highest BCUT2D eigenvalue weighted by molar-refractivity contribution is 5.32. The number of nitrogens with zero attached hydrogens (tertiary/aromatic N) is 4. The Labute approximate surface area is 131 Å². The molecule has 0 aliphatic heterocycles. The Hall–Kier alpha value is -2.28. The molecule has 7 nitrogen and oxygen atoms in total. The van der Waals surface area contributed by atoms with Gasteiger partial charge in [-0.25, -0.2) is 4.68 Å². The van der Waals surface area contributed by atoms with E-state index in [1.165, 1.54) is 5.56 Å². The number of ether oxygens (including phenoxy) is 1. The van der Waals surface area contributed by atoms with Gasteiger partial charge in [-0.3, -0.25) is 0 Å². The van der Waals surface area contributed by atoms with Crippen molar-refractivity contribution in [3.05, 3.63) is 29.8 Å². The van der Waals surface area contributed by atoms with Crippen LogP contribution < -0.4 is 15.8 Å². The van der Waals surface area contributed by atoms with Crippen molar-refractivity contribution in [2.24, 2.45) is 7.05 Å². The number of nitrogens with one attached hydrogen (secondary N) is 1. The Bertz CT molecular complexity index is 595. The van der Waals surface area contributed by atoms with E-state index in [-0.39, 0.29) is 5.95 Å². The van der Waals surface area contributed by atoms with E-state index in [0.29, 0.717) is 19.1 Å². The van der Waals surface area contributed by atoms with Gasteiger partial charge in [-0.2, -0.15) is 4.98 Å². The average Bonchev–Trinajstić information content (AvgIpc) is 2.80. The molecular weight excluding hydrogens is 280 g/mol. The minimum absolute atomic E-state index is 0.263. The molecule has 2 aromatic rings. The van der Waals surface area contributed by atoms with Crippen molar-refractivity contribution in [2.45, 2.75) is 6.42 Å². The average molecular weight is 304 g/mol. The van der Waals surface area contributed by atoms with Crippen LogP contribution in [0, 0.1) is 0 Å². The fourth-order valence-corrected chi connectivity index (χ4v) is 2.03. The monoisotopic (exact) mass is 304 g/mol. The van der Waals surface area contributed by atoms with Crippen molar-refractivity contribution in [3.63, 3.8) is 0 Å². The number of rotatable bonds is 8. The molecular formula is C15H24N6O. The summed E-state index contributed by atoms with van der Waals surface area (Å²) < 4.78 is 7.37. The van der Waals surface area contributed by atoms with Gasteiger partial charge in [0.2, 0.25) is 11.9 Å². The van der Waals surface area contributed by atoms with Gasteiger partial charge in [-0.15, -0.1) is 5.10 Å². The molecule has 0 bridgehead atoms. The standard InChI is InChI=1S/C15H24N6O/c1-20(2)9-7-12-5-4-6-13(11-12)22-10-8-17-15-18-14(16)19-21(15)3/h4-6,11H,7-10H2,1-3H3,(H3,16,17,18,19). The van der Waals surface area contributed by atoms with Crippen LogP contribution >= 0.6 is 0 Å². The molecule has 0 fully saturated rings. The van der Waals surface area contributed by atoms with Crippen LogP contribution in [0.1, 0.15) is 5.56 Å². The Morgan fingerprint density at radius 1 is 1.36 bits per heavy atom. The number of nitrogens with two attached hydrogens (primary N) is 1. The third kappa shape index (κ3) is 4.92. The lowest BCUT2D eigenvalue weighted by atomic mass is 10.1. The van der Waals surface area contributed by atoms with Crippen molar-refractivity contribution in [2.75, 3.05) is 44.8 Å². The molecule has 0 radical (unpaired) electrons. The topological polar surface area (TPSA) is 81.2 Å². The highest BCUT2D eigenvalue weighted by Crippen LogP contribution is 2.14. The lowest BCUT2D eigenvalue weighted by Crippen LogP contribution is -2.15. The summed E-state index contributed by atoms with van der Waals surface area (Å²) in [5.41, 5.74) is 6.80. The van der Waals surface area contributed by atoms with Gasteiger partial charge < -0.3 is 20.7 Å². The van der Waals surface area contributed by atoms with Crippen LogP contribution in [0.25, 0.3) is 0 Å².